The summed E-state index contributed by atoms with van der Waals surface area (Å²) in [6, 6.07) is 2.71. The number of ketones is 2. The molecular formula is C25H30N4O7S. The molecule has 0 saturated carbocycles. The first-order valence-electron chi connectivity index (χ1n) is 11.6. The predicted molar refractivity (Wildman–Crippen MR) is 136 cm³/mol. The number of fused-ring (bicyclic) bond motifs is 1. The van der Waals surface area contributed by atoms with Crippen molar-refractivity contribution in [1.82, 2.24) is 9.97 Å². The third kappa shape index (κ3) is 6.97. The van der Waals surface area contributed by atoms with Crippen molar-refractivity contribution < 1.29 is 33.4 Å². The van der Waals surface area contributed by atoms with Gasteiger partial charge in [-0.3, -0.25) is 14.4 Å². The number of pyridine rings is 1. The zero-order valence-corrected chi connectivity index (χ0v) is 22.6. The van der Waals surface area contributed by atoms with E-state index >= 15 is 0 Å². The normalized spacial score (nSPS) is 15.4. The molecule has 1 aliphatic carbocycles. The average Bonchev–Trinajstić information content (AvgIpc) is 3.14. The molecule has 11 nitrogen and oxygen atoms in total. The molecule has 0 aromatic carbocycles. The van der Waals surface area contributed by atoms with Gasteiger partial charge >= 0.3 is 12.2 Å². The largest absolute Gasteiger partial charge is 0.443 e. The van der Waals surface area contributed by atoms with Crippen molar-refractivity contribution in [3.05, 3.63) is 34.5 Å². The fourth-order valence-corrected chi connectivity index (χ4v) is 4.53. The number of hydrogen-bond donors (Lipinski definition) is 1. The van der Waals surface area contributed by atoms with Crippen LogP contribution in [0.25, 0.3) is 0 Å². The van der Waals surface area contributed by atoms with Crippen LogP contribution in [0.3, 0.4) is 0 Å². The second-order valence-electron chi connectivity index (χ2n) is 10.5. The van der Waals surface area contributed by atoms with Gasteiger partial charge in [0.2, 0.25) is 5.91 Å². The van der Waals surface area contributed by atoms with Crippen LogP contribution in [0.4, 0.5) is 20.5 Å². The Bertz CT molecular complexity index is 1210. The standard InChI is InChI=1S/C25H30N4O7S/c1-13(30)27-21-28-16-10-9-15(19(32)20(16)37-21)18(31)14-8-11-17(26-12-14)29(22(33)35-24(2,3)4)23(34)36-25(5,6)7/h8,11-12,15H,9-10H2,1-7H3,(H,27,28,30). The minimum absolute atomic E-state index is 0.0975. The number of amides is 3. The maximum atomic E-state index is 13.2. The molecule has 0 spiro atoms. The molecule has 2 heterocycles. The summed E-state index contributed by atoms with van der Waals surface area (Å²) >= 11 is 1.04. The number of imide groups is 1. The number of aryl methyl sites for hydroxylation is 1. The summed E-state index contributed by atoms with van der Waals surface area (Å²) in [5, 5.41) is 2.88. The van der Waals surface area contributed by atoms with Crippen molar-refractivity contribution in [3.63, 3.8) is 0 Å². The van der Waals surface area contributed by atoms with E-state index in [2.05, 4.69) is 15.3 Å². The molecule has 0 radical (unpaired) electrons. The molecular weight excluding hydrogens is 500 g/mol. The van der Waals surface area contributed by atoms with Crippen LogP contribution in [0.2, 0.25) is 0 Å². The number of anilines is 2. The van der Waals surface area contributed by atoms with Crippen molar-refractivity contribution in [2.75, 3.05) is 10.2 Å². The molecule has 198 valence electrons. The first-order valence-corrected chi connectivity index (χ1v) is 12.5. The average molecular weight is 531 g/mol. The second-order valence-corrected chi connectivity index (χ2v) is 11.5. The van der Waals surface area contributed by atoms with E-state index in [1.165, 1.54) is 25.3 Å². The van der Waals surface area contributed by atoms with E-state index in [9.17, 15) is 24.0 Å². The lowest BCUT2D eigenvalue weighted by molar-refractivity contribution is -0.114. The summed E-state index contributed by atoms with van der Waals surface area (Å²) in [6.45, 7) is 11.3. The van der Waals surface area contributed by atoms with Crippen LogP contribution < -0.4 is 10.2 Å². The van der Waals surface area contributed by atoms with Crippen LogP contribution in [-0.4, -0.2) is 50.8 Å². The number of hydrogen-bond acceptors (Lipinski definition) is 10. The predicted octanol–water partition coefficient (Wildman–Crippen LogP) is 4.80. The highest BCUT2D eigenvalue weighted by atomic mass is 32.1. The molecule has 0 aliphatic heterocycles. The van der Waals surface area contributed by atoms with Crippen LogP contribution in [0, 0.1) is 5.92 Å². The summed E-state index contributed by atoms with van der Waals surface area (Å²) in [5.41, 5.74) is -1.07. The summed E-state index contributed by atoms with van der Waals surface area (Å²) in [5.74, 6) is -2.14. The number of ether oxygens (including phenoxy) is 2. The Morgan fingerprint density at radius 3 is 2.11 bits per heavy atom. The van der Waals surface area contributed by atoms with E-state index in [-0.39, 0.29) is 29.5 Å². The topological polar surface area (TPSA) is 145 Å². The Kier molecular flexibility index (Phi) is 7.82. The third-order valence-corrected chi connectivity index (χ3v) is 5.95. The van der Waals surface area contributed by atoms with E-state index < -0.39 is 35.1 Å². The maximum absolute atomic E-state index is 13.2. The van der Waals surface area contributed by atoms with Crippen molar-refractivity contribution in [1.29, 1.82) is 0 Å². The first kappa shape index (κ1) is 27.9. The number of nitrogens with one attached hydrogen (secondary N) is 1. The third-order valence-electron chi connectivity index (χ3n) is 4.92. The molecule has 1 unspecified atom stereocenters. The van der Waals surface area contributed by atoms with Gasteiger partial charge in [-0.15, -0.1) is 0 Å². The zero-order chi connectivity index (χ0) is 27.7. The lowest BCUT2D eigenvalue weighted by Crippen LogP contribution is -2.44. The van der Waals surface area contributed by atoms with Gasteiger partial charge in [0.1, 0.15) is 17.0 Å². The monoisotopic (exact) mass is 530 g/mol. The Morgan fingerprint density at radius 1 is 1.03 bits per heavy atom. The Morgan fingerprint density at radius 2 is 1.62 bits per heavy atom. The Labute approximate surface area is 218 Å². The lowest BCUT2D eigenvalue weighted by atomic mass is 9.84. The SMILES string of the molecule is CC(=O)Nc1nc2c(s1)C(=O)C(C(=O)c1ccc(N(C(=O)OC(C)(C)C)C(=O)OC(C)(C)C)nc1)CC2. The molecule has 1 aliphatic rings. The van der Waals surface area contributed by atoms with Crippen molar-refractivity contribution >= 4 is 51.9 Å². The first-order chi connectivity index (χ1) is 17.1. The number of thiazole rings is 1. The smallest absolute Gasteiger partial charge is 0.425 e. The molecule has 37 heavy (non-hydrogen) atoms. The number of Topliss-reactive ketones (excluding diaryl/α,β-unsaturated/α-hetero) is 2. The molecule has 3 rings (SSSR count). The minimum Gasteiger partial charge on any atom is -0.443 e. The van der Waals surface area contributed by atoms with Gasteiger partial charge in [0.15, 0.2) is 16.7 Å². The van der Waals surface area contributed by atoms with Crippen LogP contribution in [0.15, 0.2) is 18.3 Å². The summed E-state index contributed by atoms with van der Waals surface area (Å²) in [4.78, 5) is 72.5. The van der Waals surface area contributed by atoms with Gasteiger partial charge in [0.25, 0.3) is 0 Å². The van der Waals surface area contributed by atoms with Gasteiger partial charge in [-0.1, -0.05) is 11.3 Å². The summed E-state index contributed by atoms with van der Waals surface area (Å²) < 4.78 is 10.7. The van der Waals surface area contributed by atoms with Crippen LogP contribution in [-0.2, 0) is 20.7 Å². The summed E-state index contributed by atoms with van der Waals surface area (Å²) in [7, 11) is 0. The van der Waals surface area contributed by atoms with Crippen LogP contribution in [0.5, 0.6) is 0 Å². The van der Waals surface area contributed by atoms with E-state index in [0.29, 0.717) is 27.0 Å². The van der Waals surface area contributed by atoms with Gasteiger partial charge in [-0.25, -0.2) is 19.6 Å². The Balaban J connectivity index is 1.84. The van der Waals surface area contributed by atoms with Crippen molar-refractivity contribution in [2.24, 2.45) is 5.92 Å². The molecule has 2 aromatic rings. The minimum atomic E-state index is -0.983. The Hall–Kier alpha value is -3.67. The molecule has 1 N–H and O–H groups in total. The van der Waals surface area contributed by atoms with E-state index in [4.69, 9.17) is 9.47 Å². The van der Waals surface area contributed by atoms with Crippen molar-refractivity contribution in [3.8, 4) is 0 Å². The fraction of sp³-hybridized carbons (Fsp3) is 0.480. The molecule has 12 heteroatoms. The van der Waals surface area contributed by atoms with E-state index in [1.807, 2.05) is 0 Å². The van der Waals surface area contributed by atoms with Gasteiger partial charge in [0, 0.05) is 18.7 Å². The molecule has 1 atom stereocenters. The van der Waals surface area contributed by atoms with Crippen LogP contribution >= 0.6 is 11.3 Å². The molecule has 0 fully saturated rings. The van der Waals surface area contributed by atoms with Crippen LogP contribution in [0.1, 0.15) is 80.6 Å². The number of aromatic nitrogens is 2. The number of nitrogens with zero attached hydrogens (tertiary/aromatic N) is 3. The molecule has 0 bridgehead atoms. The summed E-state index contributed by atoms with van der Waals surface area (Å²) in [6.07, 6.45) is -0.0914. The lowest BCUT2D eigenvalue weighted by Gasteiger charge is -2.28. The zero-order valence-electron chi connectivity index (χ0n) is 21.8. The number of rotatable bonds is 4. The maximum Gasteiger partial charge on any atom is 0.425 e. The highest BCUT2D eigenvalue weighted by molar-refractivity contribution is 7.17. The van der Waals surface area contributed by atoms with E-state index in [0.717, 1.165) is 11.3 Å². The highest BCUT2D eigenvalue weighted by Gasteiger charge is 2.37. The molecule has 0 saturated heterocycles. The number of carbonyl (C=O) groups is 5. The quantitative estimate of drug-likeness (QED) is 0.435. The molecule has 2 aromatic heterocycles. The van der Waals surface area contributed by atoms with E-state index in [1.54, 1.807) is 41.5 Å². The molecule has 3 amide bonds. The van der Waals surface area contributed by atoms with Gasteiger partial charge < -0.3 is 14.8 Å². The van der Waals surface area contributed by atoms with Crippen molar-refractivity contribution in [2.45, 2.75) is 72.5 Å². The van der Waals surface area contributed by atoms with Gasteiger partial charge in [-0.2, -0.15) is 4.90 Å². The van der Waals surface area contributed by atoms with Gasteiger partial charge in [-0.05, 0) is 66.5 Å². The fourth-order valence-electron chi connectivity index (χ4n) is 3.48. The van der Waals surface area contributed by atoms with Gasteiger partial charge in [0.05, 0.1) is 16.5 Å². The second kappa shape index (κ2) is 10.4. The highest BCUT2D eigenvalue weighted by Crippen LogP contribution is 2.34. The number of carbonyl (C=O) groups excluding carboxylic acids is 5.